The number of aliphatic hydroxyl groups is 1. The van der Waals surface area contributed by atoms with Gasteiger partial charge in [-0.05, 0) is 38.5 Å². The Labute approximate surface area is 188 Å². The zero-order chi connectivity index (χ0) is 23.0. The van der Waals surface area contributed by atoms with Crippen molar-refractivity contribution in [1.29, 1.82) is 0 Å². The van der Waals surface area contributed by atoms with Crippen LogP contribution in [-0.4, -0.2) is 56.6 Å². The van der Waals surface area contributed by atoms with Crippen molar-refractivity contribution in [2.75, 3.05) is 13.2 Å². The second-order valence-electron chi connectivity index (χ2n) is 8.53. The molecule has 4 atom stereocenters. The molecule has 0 aromatic heterocycles. The van der Waals surface area contributed by atoms with Gasteiger partial charge >= 0.3 is 0 Å². The zero-order valence-electron chi connectivity index (χ0n) is 18.3. The van der Waals surface area contributed by atoms with E-state index in [0.29, 0.717) is 6.61 Å². The Balaban J connectivity index is 1.43. The lowest BCUT2D eigenvalue weighted by Gasteiger charge is -2.28. The molecule has 2 heterocycles. The van der Waals surface area contributed by atoms with E-state index in [0.717, 1.165) is 11.1 Å². The van der Waals surface area contributed by atoms with Crippen LogP contribution in [0, 0.1) is 6.92 Å². The molecule has 8 nitrogen and oxygen atoms in total. The Morgan fingerprint density at radius 3 is 2.41 bits per heavy atom. The summed E-state index contributed by atoms with van der Waals surface area (Å²) in [6.45, 7) is 5.22. The summed E-state index contributed by atoms with van der Waals surface area (Å²) in [5.74, 6) is -2.37. The number of hydrogen-bond acceptors (Lipinski definition) is 8. The minimum Gasteiger partial charge on any atom is -0.387 e. The van der Waals surface area contributed by atoms with Crippen LogP contribution in [-0.2, 0) is 39.9 Å². The van der Waals surface area contributed by atoms with Gasteiger partial charge in [0.1, 0.15) is 24.9 Å². The molecule has 2 aliphatic rings. The Kier molecular flexibility index (Phi) is 6.43. The van der Waals surface area contributed by atoms with Crippen LogP contribution >= 0.6 is 0 Å². The van der Waals surface area contributed by atoms with Gasteiger partial charge in [-0.1, -0.05) is 48.0 Å². The van der Waals surface area contributed by atoms with Crippen LogP contribution in [0.1, 0.15) is 25.0 Å². The van der Waals surface area contributed by atoms with E-state index in [4.69, 9.17) is 23.1 Å². The summed E-state index contributed by atoms with van der Waals surface area (Å²) < 4.78 is 53.9. The lowest BCUT2D eigenvalue weighted by atomic mass is 10.1. The summed E-state index contributed by atoms with van der Waals surface area (Å²) in [7, 11) is -4.01. The first-order valence-electron chi connectivity index (χ1n) is 10.4. The van der Waals surface area contributed by atoms with Crippen molar-refractivity contribution >= 4 is 10.1 Å². The average molecular weight is 465 g/mol. The van der Waals surface area contributed by atoms with Gasteiger partial charge in [0.05, 0.1) is 18.1 Å². The molecule has 2 fully saturated rings. The van der Waals surface area contributed by atoms with E-state index in [1.54, 1.807) is 26.0 Å². The average Bonchev–Trinajstić information content (AvgIpc) is 3.15. The summed E-state index contributed by atoms with van der Waals surface area (Å²) in [4.78, 5) is 0.0327. The van der Waals surface area contributed by atoms with E-state index < -0.39 is 40.0 Å². The Morgan fingerprint density at radius 2 is 1.72 bits per heavy atom. The molecule has 2 aliphatic heterocycles. The van der Waals surface area contributed by atoms with E-state index in [9.17, 15) is 13.5 Å². The highest BCUT2D eigenvalue weighted by Crippen LogP contribution is 2.46. The molecule has 1 N–H and O–H groups in total. The van der Waals surface area contributed by atoms with Crippen LogP contribution in [0.25, 0.3) is 0 Å². The first-order valence-corrected chi connectivity index (χ1v) is 11.8. The van der Waals surface area contributed by atoms with Gasteiger partial charge in [0, 0.05) is 0 Å². The maximum absolute atomic E-state index is 12.5. The smallest absolute Gasteiger partial charge is 0.297 e. The molecular weight excluding hydrogens is 436 g/mol. The highest BCUT2D eigenvalue weighted by Gasteiger charge is 2.65. The third kappa shape index (κ3) is 4.89. The topological polar surface area (TPSA) is 101 Å². The van der Waals surface area contributed by atoms with Gasteiger partial charge in [0.15, 0.2) is 5.79 Å². The Bertz CT molecular complexity index is 1020. The first-order chi connectivity index (χ1) is 15.1. The van der Waals surface area contributed by atoms with Crippen LogP contribution in [0.4, 0.5) is 0 Å². The molecule has 0 unspecified atom stereocenters. The summed E-state index contributed by atoms with van der Waals surface area (Å²) in [5.41, 5.74) is 1.90. The number of benzene rings is 2. The highest BCUT2D eigenvalue weighted by molar-refractivity contribution is 7.86. The molecule has 0 amide bonds. The largest absolute Gasteiger partial charge is 0.387 e. The lowest BCUT2D eigenvalue weighted by Crippen LogP contribution is -2.44. The van der Waals surface area contributed by atoms with Gasteiger partial charge in [-0.15, -0.1) is 0 Å². The molecule has 0 bridgehead atoms. The first kappa shape index (κ1) is 23.3. The third-order valence-corrected chi connectivity index (χ3v) is 6.71. The highest BCUT2D eigenvalue weighted by atomic mass is 32.2. The number of aryl methyl sites for hydroxylation is 1. The van der Waals surface area contributed by atoms with E-state index in [2.05, 4.69) is 0 Å². The molecular formula is C23H28O8S. The summed E-state index contributed by atoms with van der Waals surface area (Å²) in [6.07, 6.45) is -2.99. The van der Waals surface area contributed by atoms with E-state index in [-0.39, 0.29) is 18.1 Å². The Hall–Kier alpha value is -1.85. The predicted molar refractivity (Wildman–Crippen MR) is 114 cm³/mol. The molecule has 9 heteroatoms. The number of aliphatic hydroxyl groups excluding tert-OH is 1. The van der Waals surface area contributed by atoms with Crippen molar-refractivity contribution in [3.05, 3.63) is 65.7 Å². The molecule has 32 heavy (non-hydrogen) atoms. The van der Waals surface area contributed by atoms with E-state index in [1.807, 2.05) is 37.3 Å². The molecule has 4 rings (SSSR count). The van der Waals surface area contributed by atoms with Crippen LogP contribution < -0.4 is 0 Å². The monoisotopic (exact) mass is 464 g/mol. The predicted octanol–water partition coefficient (Wildman–Crippen LogP) is 2.52. The van der Waals surface area contributed by atoms with E-state index in [1.165, 1.54) is 12.1 Å². The molecule has 0 spiro atoms. The molecule has 0 aliphatic carbocycles. The van der Waals surface area contributed by atoms with Crippen LogP contribution in [0.5, 0.6) is 0 Å². The van der Waals surface area contributed by atoms with Crippen molar-refractivity contribution < 1.29 is 36.7 Å². The zero-order valence-corrected chi connectivity index (χ0v) is 19.1. The molecule has 0 saturated carbocycles. The van der Waals surface area contributed by atoms with Crippen molar-refractivity contribution in [1.82, 2.24) is 0 Å². The van der Waals surface area contributed by atoms with Crippen LogP contribution in [0.2, 0.25) is 0 Å². The molecule has 0 radical (unpaired) electrons. The molecule has 174 valence electrons. The minimum absolute atomic E-state index is 0.00569. The molecule has 2 saturated heterocycles. The summed E-state index contributed by atoms with van der Waals surface area (Å²) in [6, 6.07) is 15.9. The minimum atomic E-state index is -4.01. The second-order valence-corrected chi connectivity index (χ2v) is 10.1. The molecule has 2 aromatic carbocycles. The number of rotatable bonds is 8. The maximum Gasteiger partial charge on any atom is 0.297 e. The maximum atomic E-state index is 12.5. The van der Waals surface area contributed by atoms with Gasteiger partial charge in [0.2, 0.25) is 5.79 Å². The summed E-state index contributed by atoms with van der Waals surface area (Å²) >= 11 is 0. The van der Waals surface area contributed by atoms with Crippen molar-refractivity contribution in [3.63, 3.8) is 0 Å². The van der Waals surface area contributed by atoms with Gasteiger partial charge in [-0.25, -0.2) is 0 Å². The van der Waals surface area contributed by atoms with Crippen molar-refractivity contribution in [2.24, 2.45) is 0 Å². The van der Waals surface area contributed by atoms with Gasteiger partial charge in [0.25, 0.3) is 10.1 Å². The third-order valence-electron chi connectivity index (χ3n) is 5.42. The van der Waals surface area contributed by atoms with Crippen molar-refractivity contribution in [3.8, 4) is 0 Å². The fourth-order valence-corrected chi connectivity index (χ4v) is 4.85. The van der Waals surface area contributed by atoms with E-state index >= 15 is 0 Å². The fraction of sp³-hybridized carbons (Fsp3) is 0.478. The van der Waals surface area contributed by atoms with Gasteiger partial charge in [-0.2, -0.15) is 8.42 Å². The SMILES string of the molecule is Cc1ccc(S(=O)(=O)OC[C@@H]2O[C@@]3(COCc4ccccc4)OC(C)(C)O[C@H]3[C@@H]2O)cc1. The number of ether oxygens (including phenoxy) is 4. The number of fused-ring (bicyclic) bond motifs is 1. The van der Waals surface area contributed by atoms with Crippen molar-refractivity contribution in [2.45, 2.75) is 62.2 Å². The molecule has 2 aromatic rings. The quantitative estimate of drug-likeness (QED) is 0.595. The lowest BCUT2D eigenvalue weighted by molar-refractivity contribution is -0.281. The van der Waals surface area contributed by atoms with Crippen LogP contribution in [0.3, 0.4) is 0 Å². The summed E-state index contributed by atoms with van der Waals surface area (Å²) in [5, 5.41) is 10.8. The van der Waals surface area contributed by atoms with Gasteiger partial charge in [-0.3, -0.25) is 4.18 Å². The standard InChI is InChI=1S/C23H28O8S/c1-16-9-11-18(12-10-16)32(25,26)28-14-19-20(24)21-23(29-19,31-22(2,3)30-21)15-27-13-17-7-5-4-6-8-17/h4-12,19-21,24H,13-15H2,1-3H3/t19-,20+,21-,23-/m0/s1. The fourth-order valence-electron chi connectivity index (χ4n) is 3.93. The normalized spacial score (nSPS) is 29.2. The number of hydrogen-bond donors (Lipinski definition) is 1. The second kappa shape index (κ2) is 8.83. The Morgan fingerprint density at radius 1 is 1.03 bits per heavy atom. The van der Waals surface area contributed by atoms with Crippen LogP contribution in [0.15, 0.2) is 59.5 Å². The van der Waals surface area contributed by atoms with Gasteiger partial charge < -0.3 is 24.1 Å².